The topological polar surface area (TPSA) is 23.5 Å². The van der Waals surface area contributed by atoms with Crippen molar-refractivity contribution in [3.8, 4) is 0 Å². The normalized spacial score (nSPS) is 49.2. The molecule has 4 saturated carbocycles. The summed E-state index contributed by atoms with van der Waals surface area (Å²) in [5.41, 5.74) is 1.14. The zero-order valence-electron chi connectivity index (χ0n) is 21.0. The first-order chi connectivity index (χ1) is 14.9. The van der Waals surface area contributed by atoms with Crippen molar-refractivity contribution in [3.63, 3.8) is 0 Å². The molecule has 5 aliphatic rings. The monoisotopic (exact) mass is 429 g/mol. The van der Waals surface area contributed by atoms with Crippen LogP contribution in [-0.4, -0.2) is 35.7 Å². The third kappa shape index (κ3) is 4.05. The molecule has 1 heterocycles. The number of hydrogen-bond acceptors (Lipinski definition) is 2. The van der Waals surface area contributed by atoms with Gasteiger partial charge >= 0.3 is 0 Å². The van der Waals surface area contributed by atoms with Crippen LogP contribution in [0.4, 0.5) is 0 Å². The third-order valence-electron chi connectivity index (χ3n) is 12.0. The fourth-order valence-electron chi connectivity index (χ4n) is 10.2. The summed E-state index contributed by atoms with van der Waals surface area (Å²) < 4.78 is 0. The number of aliphatic hydroxyl groups excluding tert-OH is 1. The van der Waals surface area contributed by atoms with Crippen molar-refractivity contribution in [1.82, 2.24) is 4.90 Å². The fraction of sp³-hybridized carbons (Fsp3) is 1.00. The van der Waals surface area contributed by atoms with E-state index in [4.69, 9.17) is 0 Å². The van der Waals surface area contributed by atoms with E-state index in [1.165, 1.54) is 96.7 Å². The van der Waals surface area contributed by atoms with Crippen LogP contribution in [0.1, 0.15) is 111 Å². The molecule has 1 saturated heterocycles. The molecule has 2 nitrogen and oxygen atoms in total. The van der Waals surface area contributed by atoms with Gasteiger partial charge in [0.2, 0.25) is 0 Å². The van der Waals surface area contributed by atoms with Crippen molar-refractivity contribution in [3.05, 3.63) is 0 Å². The maximum absolute atomic E-state index is 10.3. The van der Waals surface area contributed by atoms with Crippen LogP contribution in [0.15, 0.2) is 0 Å². The molecule has 178 valence electrons. The average molecular weight is 430 g/mol. The van der Waals surface area contributed by atoms with E-state index in [0.717, 1.165) is 48.3 Å². The second-order valence-electron chi connectivity index (χ2n) is 13.3. The van der Waals surface area contributed by atoms with Gasteiger partial charge < -0.3 is 10.0 Å². The SMILES string of the molecule is CC(CCCN1CCCCC1)C1CCC2C3CCC4CC(O)CCC4(C)C3CCC12C. The lowest BCUT2D eigenvalue weighted by atomic mass is 9.44. The maximum Gasteiger partial charge on any atom is 0.0543 e. The number of piperidine rings is 1. The van der Waals surface area contributed by atoms with E-state index in [0.29, 0.717) is 10.8 Å². The molecule has 5 fully saturated rings. The van der Waals surface area contributed by atoms with Crippen molar-refractivity contribution in [2.45, 2.75) is 117 Å². The molecule has 0 spiro atoms. The second kappa shape index (κ2) is 8.94. The van der Waals surface area contributed by atoms with E-state index in [1.807, 2.05) is 0 Å². The van der Waals surface area contributed by atoms with Gasteiger partial charge in [-0.05, 0) is 149 Å². The first kappa shape index (κ1) is 22.7. The highest BCUT2D eigenvalue weighted by molar-refractivity contribution is 5.09. The second-order valence-corrected chi connectivity index (χ2v) is 13.3. The molecule has 0 aromatic carbocycles. The summed E-state index contributed by atoms with van der Waals surface area (Å²) in [7, 11) is 0. The fourth-order valence-corrected chi connectivity index (χ4v) is 10.2. The summed E-state index contributed by atoms with van der Waals surface area (Å²) in [6.07, 6.45) is 19.5. The Bertz CT molecular complexity index is 614. The van der Waals surface area contributed by atoms with E-state index < -0.39 is 0 Å². The molecule has 9 atom stereocenters. The molecule has 0 aromatic rings. The Morgan fingerprint density at radius 2 is 1.61 bits per heavy atom. The minimum Gasteiger partial charge on any atom is -0.393 e. The van der Waals surface area contributed by atoms with Crippen molar-refractivity contribution < 1.29 is 5.11 Å². The largest absolute Gasteiger partial charge is 0.393 e. The quantitative estimate of drug-likeness (QED) is 0.513. The molecule has 9 unspecified atom stereocenters. The van der Waals surface area contributed by atoms with Crippen LogP contribution in [-0.2, 0) is 0 Å². The number of hydrogen-bond donors (Lipinski definition) is 1. The van der Waals surface area contributed by atoms with Crippen LogP contribution in [0, 0.1) is 46.3 Å². The van der Waals surface area contributed by atoms with Gasteiger partial charge in [-0.1, -0.05) is 27.2 Å². The summed E-state index contributed by atoms with van der Waals surface area (Å²) >= 11 is 0. The number of likely N-dealkylation sites (tertiary alicyclic amines) is 1. The lowest BCUT2D eigenvalue weighted by Crippen LogP contribution is -2.54. The molecule has 0 amide bonds. The number of fused-ring (bicyclic) bond motifs is 5. The van der Waals surface area contributed by atoms with Gasteiger partial charge in [-0.25, -0.2) is 0 Å². The van der Waals surface area contributed by atoms with E-state index in [1.54, 1.807) is 0 Å². The number of aliphatic hydroxyl groups is 1. The molecule has 5 rings (SSSR count). The zero-order chi connectivity index (χ0) is 21.6. The van der Waals surface area contributed by atoms with Crippen molar-refractivity contribution in [2.24, 2.45) is 46.3 Å². The standard InChI is InChI=1S/C29H51NO/c1-21(8-7-19-30-17-5-4-6-18-30)25-11-12-26-24-10-9-22-20-23(31)13-15-28(22,2)27(24)14-16-29(25,26)3/h21-27,31H,4-20H2,1-3H3. The zero-order valence-corrected chi connectivity index (χ0v) is 21.0. The molecule has 2 heteroatoms. The van der Waals surface area contributed by atoms with Crippen LogP contribution >= 0.6 is 0 Å². The van der Waals surface area contributed by atoms with Gasteiger partial charge in [-0.2, -0.15) is 0 Å². The first-order valence-electron chi connectivity index (χ1n) is 14.3. The highest BCUT2D eigenvalue weighted by Gasteiger charge is 2.60. The van der Waals surface area contributed by atoms with Gasteiger partial charge in [-0.15, -0.1) is 0 Å². The lowest BCUT2D eigenvalue weighted by Gasteiger charge is -2.61. The van der Waals surface area contributed by atoms with Crippen LogP contribution in [0.3, 0.4) is 0 Å². The van der Waals surface area contributed by atoms with E-state index >= 15 is 0 Å². The van der Waals surface area contributed by atoms with E-state index in [9.17, 15) is 5.11 Å². The summed E-state index contributed by atoms with van der Waals surface area (Å²) in [4.78, 5) is 2.74. The lowest BCUT2D eigenvalue weighted by molar-refractivity contribution is -0.129. The minimum absolute atomic E-state index is 0.00914. The number of rotatable bonds is 5. The first-order valence-corrected chi connectivity index (χ1v) is 14.3. The molecule has 31 heavy (non-hydrogen) atoms. The Kier molecular flexibility index (Phi) is 6.54. The molecule has 4 aliphatic carbocycles. The average Bonchev–Trinajstić information content (AvgIpc) is 3.12. The van der Waals surface area contributed by atoms with Crippen LogP contribution in [0.25, 0.3) is 0 Å². The van der Waals surface area contributed by atoms with Crippen molar-refractivity contribution in [2.75, 3.05) is 19.6 Å². The van der Waals surface area contributed by atoms with Crippen molar-refractivity contribution >= 4 is 0 Å². The molecule has 1 aliphatic heterocycles. The van der Waals surface area contributed by atoms with Crippen LogP contribution < -0.4 is 0 Å². The minimum atomic E-state index is -0.00914. The van der Waals surface area contributed by atoms with Crippen molar-refractivity contribution in [1.29, 1.82) is 0 Å². The smallest absolute Gasteiger partial charge is 0.0543 e. The molecule has 0 bridgehead atoms. The number of nitrogens with zero attached hydrogens (tertiary/aromatic N) is 1. The Morgan fingerprint density at radius 3 is 2.42 bits per heavy atom. The Balaban J connectivity index is 1.21. The Labute approximate surface area is 192 Å². The predicted octanol–water partition coefficient (Wildman–Crippen LogP) is 6.91. The van der Waals surface area contributed by atoms with Gasteiger partial charge in [0.25, 0.3) is 0 Å². The summed E-state index contributed by atoms with van der Waals surface area (Å²) in [6.45, 7) is 12.0. The van der Waals surface area contributed by atoms with E-state index in [2.05, 4.69) is 25.7 Å². The summed E-state index contributed by atoms with van der Waals surface area (Å²) in [6, 6.07) is 0. The van der Waals surface area contributed by atoms with Gasteiger partial charge in [0.1, 0.15) is 0 Å². The maximum atomic E-state index is 10.3. The van der Waals surface area contributed by atoms with Gasteiger partial charge in [0.05, 0.1) is 6.10 Å². The van der Waals surface area contributed by atoms with Crippen LogP contribution in [0.2, 0.25) is 0 Å². The highest BCUT2D eigenvalue weighted by Crippen LogP contribution is 2.68. The van der Waals surface area contributed by atoms with Crippen LogP contribution in [0.5, 0.6) is 0 Å². The van der Waals surface area contributed by atoms with Gasteiger partial charge in [-0.3, -0.25) is 0 Å². The predicted molar refractivity (Wildman–Crippen MR) is 130 cm³/mol. The Morgan fingerprint density at radius 1 is 0.871 bits per heavy atom. The summed E-state index contributed by atoms with van der Waals surface area (Å²) in [5, 5.41) is 10.3. The molecule has 1 N–H and O–H groups in total. The third-order valence-corrected chi connectivity index (χ3v) is 12.0. The molecular formula is C29H51NO. The van der Waals surface area contributed by atoms with E-state index in [-0.39, 0.29) is 6.10 Å². The summed E-state index contributed by atoms with van der Waals surface area (Å²) in [5.74, 6) is 5.61. The molecule has 0 radical (unpaired) electrons. The van der Waals surface area contributed by atoms with Gasteiger partial charge in [0.15, 0.2) is 0 Å². The van der Waals surface area contributed by atoms with Gasteiger partial charge in [0, 0.05) is 0 Å². The molecular weight excluding hydrogens is 378 g/mol. The molecule has 0 aromatic heterocycles. The Hall–Kier alpha value is -0.0800. The highest BCUT2D eigenvalue weighted by atomic mass is 16.3.